The number of rotatable bonds is 2. The summed E-state index contributed by atoms with van der Waals surface area (Å²) in [5.41, 5.74) is -0.0481. The zero-order valence-electron chi connectivity index (χ0n) is 12.2. The molecule has 1 spiro atoms. The predicted octanol–water partition coefficient (Wildman–Crippen LogP) is 3.86. The van der Waals surface area contributed by atoms with E-state index in [2.05, 4.69) is 9.29 Å². The highest BCUT2D eigenvalue weighted by Crippen LogP contribution is 2.48. The maximum absolute atomic E-state index is 12.6. The summed E-state index contributed by atoms with van der Waals surface area (Å²) in [4.78, 5) is 15.5. The first-order valence-corrected chi connectivity index (χ1v) is 8.03. The van der Waals surface area contributed by atoms with Crippen molar-refractivity contribution in [3.63, 3.8) is 0 Å². The molecule has 0 N–H and O–H groups in total. The Labute approximate surface area is 131 Å². The number of hydrogen-bond acceptors (Lipinski definition) is 4. The minimum atomic E-state index is -4.40. The summed E-state index contributed by atoms with van der Waals surface area (Å²) in [6.45, 7) is 3.39. The number of carbonyl (C=O) groups is 1. The van der Waals surface area contributed by atoms with Crippen LogP contribution >= 0.6 is 11.9 Å². The van der Waals surface area contributed by atoms with E-state index in [1.165, 1.54) is 18.1 Å². The van der Waals surface area contributed by atoms with Crippen LogP contribution in [0.15, 0.2) is 17.2 Å². The Morgan fingerprint density at radius 3 is 2.41 bits per heavy atom. The van der Waals surface area contributed by atoms with Crippen molar-refractivity contribution in [3.05, 3.63) is 23.5 Å². The van der Waals surface area contributed by atoms with Gasteiger partial charge >= 0.3 is 6.18 Å². The Balaban J connectivity index is 1.61. The number of ketones is 1. The average Bonchev–Trinajstić information content (AvgIpc) is 2.41. The monoisotopic (exact) mass is 330 g/mol. The Morgan fingerprint density at radius 2 is 1.91 bits per heavy atom. The lowest BCUT2D eigenvalue weighted by Crippen LogP contribution is -2.45. The first kappa shape index (κ1) is 15.8. The number of hydrogen-bond donors (Lipinski definition) is 0. The third-order valence-corrected chi connectivity index (χ3v) is 5.76. The Bertz CT molecular complexity index is 585. The highest BCUT2D eigenvalue weighted by molar-refractivity contribution is 7.97. The molecule has 1 aliphatic heterocycles. The molecule has 1 aromatic heterocycles. The van der Waals surface area contributed by atoms with Crippen LogP contribution in [0.3, 0.4) is 0 Å². The van der Waals surface area contributed by atoms with Gasteiger partial charge in [-0.15, -0.1) is 0 Å². The van der Waals surface area contributed by atoms with Crippen molar-refractivity contribution in [2.45, 2.75) is 43.7 Å². The fourth-order valence-corrected chi connectivity index (χ4v) is 4.07. The summed E-state index contributed by atoms with van der Waals surface area (Å²) < 4.78 is 40.0. The summed E-state index contributed by atoms with van der Waals surface area (Å²) in [6, 6.07) is 1.10. The summed E-state index contributed by atoms with van der Waals surface area (Å²) in [5, 5.41) is 0. The van der Waals surface area contributed by atoms with Crippen LogP contribution in [-0.4, -0.2) is 28.2 Å². The third kappa shape index (κ3) is 3.15. The molecule has 120 valence electrons. The molecule has 1 aliphatic carbocycles. The van der Waals surface area contributed by atoms with Crippen molar-refractivity contribution in [1.29, 1.82) is 0 Å². The van der Waals surface area contributed by atoms with Gasteiger partial charge in [0, 0.05) is 37.0 Å². The molecule has 0 radical (unpaired) electrons. The molecule has 1 saturated carbocycles. The predicted molar refractivity (Wildman–Crippen MR) is 77.3 cm³/mol. The molecule has 0 unspecified atom stereocenters. The lowest BCUT2D eigenvalue weighted by molar-refractivity contribution is -0.141. The van der Waals surface area contributed by atoms with Gasteiger partial charge < -0.3 is 0 Å². The van der Waals surface area contributed by atoms with E-state index >= 15 is 0 Å². The molecular formula is C15H17F3N2OS. The van der Waals surface area contributed by atoms with E-state index < -0.39 is 11.9 Å². The summed E-state index contributed by atoms with van der Waals surface area (Å²) in [5.74, 6) is 0.351. The van der Waals surface area contributed by atoms with Crippen molar-refractivity contribution >= 4 is 17.7 Å². The van der Waals surface area contributed by atoms with Crippen LogP contribution in [0.2, 0.25) is 0 Å². The van der Waals surface area contributed by atoms with Crippen LogP contribution in [0.4, 0.5) is 13.2 Å². The summed E-state index contributed by atoms with van der Waals surface area (Å²) in [7, 11) is 0. The van der Waals surface area contributed by atoms with Crippen molar-refractivity contribution in [2.24, 2.45) is 5.41 Å². The molecule has 1 saturated heterocycles. The smallest absolute Gasteiger partial charge is 0.300 e. The van der Waals surface area contributed by atoms with Gasteiger partial charge in [-0.2, -0.15) is 13.2 Å². The normalized spacial score (nSPS) is 21.9. The first-order chi connectivity index (χ1) is 10.3. The fourth-order valence-electron chi connectivity index (χ4n) is 3.12. The molecule has 22 heavy (non-hydrogen) atoms. The Kier molecular flexibility index (Phi) is 3.97. The van der Waals surface area contributed by atoms with Crippen LogP contribution in [0.5, 0.6) is 0 Å². The number of piperidine rings is 1. The standard InChI is InChI=1S/C15H17F3N2OS/c1-10-6-13(15(16,17)18)19-9-12(10)22-20-4-2-14(3-5-20)7-11(21)8-14/h6,9H,2-5,7-8H2,1H3. The zero-order valence-corrected chi connectivity index (χ0v) is 13.1. The molecule has 0 bridgehead atoms. The van der Waals surface area contributed by atoms with E-state index in [0.717, 1.165) is 36.9 Å². The van der Waals surface area contributed by atoms with Crippen LogP contribution in [-0.2, 0) is 11.0 Å². The zero-order chi connectivity index (χ0) is 16.0. The average molecular weight is 330 g/mol. The van der Waals surface area contributed by atoms with E-state index in [1.807, 2.05) is 0 Å². The van der Waals surface area contributed by atoms with E-state index in [1.54, 1.807) is 6.92 Å². The molecule has 0 atom stereocenters. The fraction of sp³-hybridized carbons (Fsp3) is 0.600. The minimum Gasteiger partial charge on any atom is -0.300 e. The van der Waals surface area contributed by atoms with Gasteiger partial charge in [-0.25, -0.2) is 4.31 Å². The van der Waals surface area contributed by atoms with Gasteiger partial charge in [0.1, 0.15) is 11.5 Å². The SMILES string of the molecule is Cc1cc(C(F)(F)F)ncc1SN1CCC2(CC1)CC(=O)C2. The van der Waals surface area contributed by atoms with Gasteiger partial charge in [0.15, 0.2) is 0 Å². The maximum atomic E-state index is 12.6. The second kappa shape index (κ2) is 5.53. The third-order valence-electron chi connectivity index (χ3n) is 4.51. The lowest BCUT2D eigenvalue weighted by Gasteiger charge is -2.46. The van der Waals surface area contributed by atoms with Crippen molar-refractivity contribution in [3.8, 4) is 0 Å². The number of aromatic nitrogens is 1. The van der Waals surface area contributed by atoms with E-state index in [0.29, 0.717) is 24.2 Å². The van der Waals surface area contributed by atoms with Gasteiger partial charge in [-0.1, -0.05) is 0 Å². The summed E-state index contributed by atoms with van der Waals surface area (Å²) >= 11 is 1.47. The molecule has 3 rings (SSSR count). The molecule has 2 heterocycles. The number of Topliss-reactive ketones (excluding diaryl/α,β-unsaturated/α-hetero) is 1. The highest BCUT2D eigenvalue weighted by atomic mass is 32.2. The van der Waals surface area contributed by atoms with Crippen LogP contribution < -0.4 is 0 Å². The topological polar surface area (TPSA) is 33.2 Å². The molecule has 2 aliphatic rings. The van der Waals surface area contributed by atoms with E-state index in [4.69, 9.17) is 0 Å². The Hall–Kier alpha value is -1.08. The van der Waals surface area contributed by atoms with Gasteiger partial charge in [0.2, 0.25) is 0 Å². The lowest BCUT2D eigenvalue weighted by atomic mass is 9.63. The molecule has 0 amide bonds. The van der Waals surface area contributed by atoms with Gasteiger partial charge in [-0.3, -0.25) is 9.78 Å². The molecule has 0 aromatic carbocycles. The second-order valence-corrected chi connectivity index (χ2v) is 7.38. The maximum Gasteiger partial charge on any atom is 0.433 e. The number of pyridine rings is 1. The van der Waals surface area contributed by atoms with Crippen LogP contribution in [0, 0.1) is 12.3 Å². The Morgan fingerprint density at radius 1 is 1.27 bits per heavy atom. The van der Waals surface area contributed by atoms with Crippen LogP contribution in [0.25, 0.3) is 0 Å². The van der Waals surface area contributed by atoms with Gasteiger partial charge in [0.25, 0.3) is 0 Å². The molecule has 3 nitrogen and oxygen atoms in total. The largest absolute Gasteiger partial charge is 0.433 e. The van der Waals surface area contributed by atoms with Crippen molar-refractivity contribution in [2.75, 3.05) is 13.1 Å². The summed E-state index contributed by atoms with van der Waals surface area (Å²) in [6.07, 6.45) is 0.277. The van der Waals surface area contributed by atoms with E-state index in [9.17, 15) is 18.0 Å². The van der Waals surface area contributed by atoms with Gasteiger partial charge in [-0.05, 0) is 48.8 Å². The van der Waals surface area contributed by atoms with Crippen molar-refractivity contribution < 1.29 is 18.0 Å². The molecule has 2 fully saturated rings. The number of carbonyl (C=O) groups excluding carboxylic acids is 1. The minimum absolute atomic E-state index is 0.210. The number of nitrogens with zero attached hydrogens (tertiary/aromatic N) is 2. The van der Waals surface area contributed by atoms with Crippen molar-refractivity contribution in [1.82, 2.24) is 9.29 Å². The molecular weight excluding hydrogens is 313 g/mol. The van der Waals surface area contributed by atoms with E-state index in [-0.39, 0.29) is 5.41 Å². The number of aryl methyl sites for hydroxylation is 1. The van der Waals surface area contributed by atoms with Crippen LogP contribution in [0.1, 0.15) is 36.9 Å². The quantitative estimate of drug-likeness (QED) is 0.771. The number of alkyl halides is 3. The van der Waals surface area contributed by atoms with Gasteiger partial charge in [0.05, 0.1) is 0 Å². The highest BCUT2D eigenvalue weighted by Gasteiger charge is 2.45. The molecule has 7 heteroatoms. The molecule has 1 aromatic rings. The first-order valence-electron chi connectivity index (χ1n) is 7.26. The second-order valence-electron chi connectivity index (χ2n) is 6.25. The number of halogens is 3.